The SMILES string of the molecule is CCN(CC)CC=C1CN=C(NS(=O)(=O)c2ccc(N)cc2)S1. The topological polar surface area (TPSA) is 87.8 Å². The Hall–Kier alpha value is -1.51. The standard InChI is InChI=1S/C15H22N4O2S2/c1-3-19(4-2)10-9-13-11-17-15(22-13)18-23(20,21)14-7-5-12(16)6-8-14/h5-9H,3-4,10-11,16H2,1-2H3,(H,17,18). The number of aliphatic imine (C=N–C) groups is 1. The molecule has 0 aliphatic carbocycles. The van der Waals surface area contributed by atoms with Gasteiger partial charge in [-0.25, -0.2) is 8.42 Å². The number of nitrogens with two attached hydrogens (primary N) is 1. The second-order valence-corrected chi connectivity index (χ2v) is 7.85. The number of nitrogens with zero attached hydrogens (tertiary/aromatic N) is 2. The zero-order valence-electron chi connectivity index (χ0n) is 13.3. The minimum absolute atomic E-state index is 0.176. The number of anilines is 1. The van der Waals surface area contributed by atoms with Gasteiger partial charge in [0.25, 0.3) is 10.0 Å². The second-order valence-electron chi connectivity index (χ2n) is 5.05. The Morgan fingerprint density at radius 3 is 2.57 bits per heavy atom. The zero-order chi connectivity index (χ0) is 16.9. The summed E-state index contributed by atoms with van der Waals surface area (Å²) in [4.78, 5) is 7.77. The first-order chi connectivity index (χ1) is 10.9. The Kier molecular flexibility index (Phi) is 6.09. The van der Waals surface area contributed by atoms with Crippen LogP contribution in [0.4, 0.5) is 5.69 Å². The van der Waals surface area contributed by atoms with Gasteiger partial charge in [0.1, 0.15) is 0 Å². The van der Waals surface area contributed by atoms with Crippen LogP contribution < -0.4 is 10.5 Å². The highest BCUT2D eigenvalue weighted by molar-refractivity contribution is 8.18. The molecule has 0 amide bonds. The smallest absolute Gasteiger partial charge is 0.263 e. The average molecular weight is 355 g/mol. The summed E-state index contributed by atoms with van der Waals surface area (Å²) >= 11 is 1.37. The second kappa shape index (κ2) is 7.85. The molecule has 0 saturated carbocycles. The number of nitrogens with one attached hydrogen (secondary N) is 1. The van der Waals surface area contributed by atoms with Crippen LogP contribution in [0, 0.1) is 0 Å². The fourth-order valence-corrected chi connectivity index (χ4v) is 4.10. The molecule has 0 atom stereocenters. The van der Waals surface area contributed by atoms with Gasteiger partial charge < -0.3 is 10.6 Å². The minimum atomic E-state index is -3.62. The molecule has 0 unspecified atom stereocenters. The molecular weight excluding hydrogens is 332 g/mol. The van der Waals surface area contributed by atoms with E-state index in [4.69, 9.17) is 5.73 Å². The van der Waals surface area contributed by atoms with Crippen LogP contribution in [-0.2, 0) is 10.0 Å². The monoisotopic (exact) mass is 354 g/mol. The lowest BCUT2D eigenvalue weighted by Gasteiger charge is -2.15. The van der Waals surface area contributed by atoms with Gasteiger partial charge in [-0.15, -0.1) is 0 Å². The molecule has 1 aromatic rings. The number of likely N-dealkylation sites (N-methyl/N-ethyl adjacent to an activating group) is 1. The van der Waals surface area contributed by atoms with Crippen LogP contribution in [0.5, 0.6) is 0 Å². The summed E-state index contributed by atoms with van der Waals surface area (Å²) in [5, 5.41) is 0.410. The molecule has 0 aromatic heterocycles. The number of amidine groups is 1. The first kappa shape index (κ1) is 17.8. The first-order valence-electron chi connectivity index (χ1n) is 7.46. The molecule has 2 rings (SSSR count). The number of benzene rings is 1. The normalized spacial score (nSPS) is 16.8. The molecule has 1 aliphatic heterocycles. The number of hydrogen-bond acceptors (Lipinski definition) is 6. The van der Waals surface area contributed by atoms with E-state index in [2.05, 4.69) is 34.5 Å². The third-order valence-electron chi connectivity index (χ3n) is 3.49. The summed E-state index contributed by atoms with van der Waals surface area (Å²) in [5.41, 5.74) is 6.10. The van der Waals surface area contributed by atoms with Gasteiger partial charge in [-0.1, -0.05) is 31.7 Å². The zero-order valence-corrected chi connectivity index (χ0v) is 15.0. The van der Waals surface area contributed by atoms with E-state index in [1.807, 2.05) is 0 Å². The highest BCUT2D eigenvalue weighted by Crippen LogP contribution is 2.25. The number of thioether (sulfide) groups is 1. The van der Waals surface area contributed by atoms with Crippen molar-refractivity contribution in [3.63, 3.8) is 0 Å². The van der Waals surface area contributed by atoms with Crippen LogP contribution in [0.1, 0.15) is 13.8 Å². The van der Waals surface area contributed by atoms with Gasteiger partial charge in [-0.3, -0.25) is 9.71 Å². The van der Waals surface area contributed by atoms with E-state index in [1.54, 1.807) is 12.1 Å². The fraction of sp³-hybridized carbons (Fsp3) is 0.400. The van der Waals surface area contributed by atoms with Crippen molar-refractivity contribution in [3.05, 3.63) is 35.2 Å². The lowest BCUT2D eigenvalue weighted by Crippen LogP contribution is -2.27. The van der Waals surface area contributed by atoms with Gasteiger partial charge in [-0.2, -0.15) is 0 Å². The Morgan fingerprint density at radius 2 is 1.96 bits per heavy atom. The fourth-order valence-electron chi connectivity index (χ4n) is 2.03. The number of sulfonamides is 1. The molecule has 1 aliphatic rings. The van der Waals surface area contributed by atoms with Crippen LogP contribution in [0.3, 0.4) is 0 Å². The van der Waals surface area contributed by atoms with Gasteiger partial charge in [0.2, 0.25) is 0 Å². The Morgan fingerprint density at radius 1 is 1.30 bits per heavy atom. The maximum Gasteiger partial charge on any atom is 0.263 e. The van der Waals surface area contributed by atoms with Crippen molar-refractivity contribution in [1.29, 1.82) is 0 Å². The first-order valence-corrected chi connectivity index (χ1v) is 9.76. The molecule has 126 valence electrons. The predicted molar refractivity (Wildman–Crippen MR) is 96.9 cm³/mol. The third-order valence-corrected chi connectivity index (χ3v) is 5.96. The summed E-state index contributed by atoms with van der Waals surface area (Å²) in [6, 6.07) is 6.09. The van der Waals surface area contributed by atoms with Crippen LogP contribution in [0.2, 0.25) is 0 Å². The molecule has 0 saturated heterocycles. The predicted octanol–water partition coefficient (Wildman–Crippen LogP) is 1.88. The Bertz CT molecular complexity index is 693. The summed E-state index contributed by atoms with van der Waals surface area (Å²) in [6.07, 6.45) is 2.10. The lowest BCUT2D eigenvalue weighted by molar-refractivity contribution is 0.337. The van der Waals surface area contributed by atoms with E-state index in [1.165, 1.54) is 23.9 Å². The highest BCUT2D eigenvalue weighted by atomic mass is 32.2. The summed E-state index contributed by atoms with van der Waals surface area (Å²) < 4.78 is 27.1. The number of rotatable bonds is 6. The third kappa shape index (κ3) is 4.98. The van der Waals surface area contributed by atoms with Crippen molar-refractivity contribution in [2.75, 3.05) is 31.9 Å². The van der Waals surface area contributed by atoms with Gasteiger partial charge in [0.15, 0.2) is 5.17 Å². The number of nitrogen functional groups attached to an aromatic ring is 1. The minimum Gasteiger partial charge on any atom is -0.399 e. The molecule has 0 radical (unpaired) electrons. The van der Waals surface area contributed by atoms with E-state index in [9.17, 15) is 8.42 Å². The van der Waals surface area contributed by atoms with Crippen molar-refractivity contribution < 1.29 is 8.42 Å². The molecule has 3 N–H and O–H groups in total. The van der Waals surface area contributed by atoms with Crippen molar-refractivity contribution in [2.45, 2.75) is 18.7 Å². The Balaban J connectivity index is 1.97. The van der Waals surface area contributed by atoms with Crippen LogP contribution in [0.15, 0.2) is 45.1 Å². The molecule has 23 heavy (non-hydrogen) atoms. The summed E-state index contributed by atoms with van der Waals surface area (Å²) in [7, 11) is -3.62. The van der Waals surface area contributed by atoms with Crippen LogP contribution in [-0.4, -0.2) is 44.7 Å². The molecule has 6 nitrogen and oxygen atoms in total. The van der Waals surface area contributed by atoms with Gasteiger partial charge in [-0.05, 0) is 37.4 Å². The number of hydrogen-bond donors (Lipinski definition) is 2. The largest absolute Gasteiger partial charge is 0.399 e. The molecular formula is C15H22N4O2S2. The van der Waals surface area contributed by atoms with Crippen LogP contribution >= 0.6 is 11.8 Å². The molecule has 0 fully saturated rings. The maximum absolute atomic E-state index is 12.3. The van der Waals surface area contributed by atoms with E-state index >= 15 is 0 Å². The molecule has 0 spiro atoms. The van der Waals surface area contributed by atoms with E-state index in [0.717, 1.165) is 24.5 Å². The average Bonchev–Trinajstić information content (AvgIpc) is 2.95. The van der Waals surface area contributed by atoms with Crippen molar-refractivity contribution in [1.82, 2.24) is 9.62 Å². The van der Waals surface area contributed by atoms with E-state index in [0.29, 0.717) is 17.4 Å². The van der Waals surface area contributed by atoms with Gasteiger partial charge >= 0.3 is 0 Å². The molecule has 8 heteroatoms. The van der Waals surface area contributed by atoms with Gasteiger partial charge in [0.05, 0.1) is 11.4 Å². The van der Waals surface area contributed by atoms with E-state index < -0.39 is 10.0 Å². The quantitative estimate of drug-likeness (QED) is 0.762. The molecule has 0 bridgehead atoms. The molecule has 1 heterocycles. The summed E-state index contributed by atoms with van der Waals surface area (Å²) in [5.74, 6) is 0. The Labute approximate surface area is 141 Å². The van der Waals surface area contributed by atoms with Crippen molar-refractivity contribution in [3.8, 4) is 0 Å². The van der Waals surface area contributed by atoms with Crippen molar-refractivity contribution in [2.24, 2.45) is 4.99 Å². The lowest BCUT2D eigenvalue weighted by atomic mass is 10.3. The van der Waals surface area contributed by atoms with Gasteiger partial charge in [0, 0.05) is 17.1 Å². The summed E-state index contributed by atoms with van der Waals surface area (Å²) in [6.45, 7) is 7.58. The van der Waals surface area contributed by atoms with Crippen LogP contribution in [0.25, 0.3) is 0 Å². The maximum atomic E-state index is 12.3. The highest BCUT2D eigenvalue weighted by Gasteiger charge is 2.20. The van der Waals surface area contributed by atoms with Crippen molar-refractivity contribution >= 4 is 32.6 Å². The van der Waals surface area contributed by atoms with E-state index in [-0.39, 0.29) is 4.90 Å². The molecule has 1 aromatic carbocycles.